The van der Waals surface area contributed by atoms with Crippen LogP contribution in [0.5, 0.6) is 5.75 Å². The Morgan fingerprint density at radius 2 is 1.79 bits per heavy atom. The van der Waals surface area contributed by atoms with Crippen LogP contribution in [0.3, 0.4) is 0 Å². The van der Waals surface area contributed by atoms with Gasteiger partial charge < -0.3 is 15.2 Å². The van der Waals surface area contributed by atoms with E-state index >= 15 is 0 Å². The zero-order chi connectivity index (χ0) is 14.3. The summed E-state index contributed by atoms with van der Waals surface area (Å²) in [5.74, 6) is 1.43. The maximum atomic E-state index is 9.09. The second-order valence-electron chi connectivity index (χ2n) is 5.48. The van der Waals surface area contributed by atoms with Gasteiger partial charge in [-0.3, -0.25) is 0 Å². The van der Waals surface area contributed by atoms with Crippen LogP contribution in [0.15, 0.2) is 24.3 Å². The number of nitrogens with one attached hydrogen (secondary N) is 1. The molecule has 2 atom stereocenters. The fourth-order valence-corrected chi connectivity index (χ4v) is 2.29. The number of hydrogen-bond acceptors (Lipinski definition) is 3. The maximum Gasteiger partial charge on any atom is 0.118 e. The van der Waals surface area contributed by atoms with Crippen LogP contribution in [0.25, 0.3) is 0 Å². The minimum atomic E-state index is 0.241. The van der Waals surface area contributed by atoms with Crippen LogP contribution >= 0.6 is 0 Å². The Morgan fingerprint density at radius 1 is 1.16 bits per heavy atom. The number of methoxy groups -OCH3 is 1. The van der Waals surface area contributed by atoms with Crippen LogP contribution in [-0.2, 0) is 6.42 Å². The Labute approximate surface area is 117 Å². The number of aliphatic hydroxyl groups excluding tert-OH is 1. The fourth-order valence-electron chi connectivity index (χ4n) is 2.29. The molecule has 0 bridgehead atoms. The van der Waals surface area contributed by atoms with E-state index < -0.39 is 0 Å². The average Bonchev–Trinajstić information content (AvgIpc) is 2.39. The third-order valence-electron chi connectivity index (χ3n) is 3.44. The SMILES string of the molecule is COc1ccc(CC(C)NC(CCO)C(C)C)cc1. The first kappa shape index (κ1) is 16.0. The highest BCUT2D eigenvalue weighted by molar-refractivity contribution is 5.27. The van der Waals surface area contributed by atoms with Gasteiger partial charge in [0.05, 0.1) is 7.11 Å². The molecule has 3 nitrogen and oxygen atoms in total. The molecule has 0 heterocycles. The van der Waals surface area contributed by atoms with Gasteiger partial charge in [0.25, 0.3) is 0 Å². The van der Waals surface area contributed by atoms with Crippen molar-refractivity contribution in [3.63, 3.8) is 0 Å². The molecular formula is C16H27NO2. The quantitative estimate of drug-likeness (QED) is 0.759. The molecule has 0 spiro atoms. The van der Waals surface area contributed by atoms with Crippen molar-refractivity contribution in [2.24, 2.45) is 5.92 Å². The maximum absolute atomic E-state index is 9.09. The lowest BCUT2D eigenvalue weighted by Gasteiger charge is -2.26. The summed E-state index contributed by atoms with van der Waals surface area (Å²) in [6, 6.07) is 8.97. The van der Waals surface area contributed by atoms with E-state index in [0.717, 1.165) is 18.6 Å². The van der Waals surface area contributed by atoms with Crippen molar-refractivity contribution in [2.45, 2.75) is 45.7 Å². The molecule has 0 amide bonds. The third-order valence-corrected chi connectivity index (χ3v) is 3.44. The van der Waals surface area contributed by atoms with E-state index in [1.54, 1.807) is 7.11 Å². The summed E-state index contributed by atoms with van der Waals surface area (Å²) in [6.07, 6.45) is 1.79. The minimum Gasteiger partial charge on any atom is -0.497 e. The summed E-state index contributed by atoms with van der Waals surface area (Å²) in [4.78, 5) is 0. The van der Waals surface area contributed by atoms with Crippen molar-refractivity contribution in [1.82, 2.24) is 5.32 Å². The zero-order valence-electron chi connectivity index (χ0n) is 12.5. The predicted molar refractivity (Wildman–Crippen MR) is 79.6 cm³/mol. The first-order valence-corrected chi connectivity index (χ1v) is 7.06. The van der Waals surface area contributed by atoms with Gasteiger partial charge in [-0.1, -0.05) is 26.0 Å². The lowest BCUT2D eigenvalue weighted by molar-refractivity contribution is 0.236. The fraction of sp³-hybridized carbons (Fsp3) is 0.625. The van der Waals surface area contributed by atoms with Crippen molar-refractivity contribution < 1.29 is 9.84 Å². The highest BCUT2D eigenvalue weighted by atomic mass is 16.5. The van der Waals surface area contributed by atoms with Crippen LogP contribution in [-0.4, -0.2) is 30.9 Å². The van der Waals surface area contributed by atoms with Crippen molar-refractivity contribution in [3.05, 3.63) is 29.8 Å². The van der Waals surface area contributed by atoms with Gasteiger partial charge in [0.1, 0.15) is 5.75 Å². The number of benzene rings is 1. The molecule has 0 aliphatic carbocycles. The molecule has 0 aliphatic rings. The Hall–Kier alpha value is -1.06. The molecule has 3 heteroatoms. The Balaban J connectivity index is 2.50. The molecule has 2 unspecified atom stereocenters. The van der Waals surface area contributed by atoms with Gasteiger partial charge in [0, 0.05) is 18.7 Å². The molecule has 19 heavy (non-hydrogen) atoms. The molecule has 0 saturated heterocycles. The Morgan fingerprint density at radius 3 is 2.26 bits per heavy atom. The largest absolute Gasteiger partial charge is 0.497 e. The van der Waals surface area contributed by atoms with Crippen molar-refractivity contribution >= 4 is 0 Å². The minimum absolute atomic E-state index is 0.241. The van der Waals surface area contributed by atoms with Crippen LogP contribution in [0.2, 0.25) is 0 Å². The highest BCUT2D eigenvalue weighted by Gasteiger charge is 2.15. The summed E-state index contributed by atoms with van der Waals surface area (Å²) >= 11 is 0. The van der Waals surface area contributed by atoms with Crippen LogP contribution < -0.4 is 10.1 Å². The molecule has 1 aromatic carbocycles. The molecule has 1 aromatic rings. The van der Waals surface area contributed by atoms with Gasteiger partial charge in [0.15, 0.2) is 0 Å². The highest BCUT2D eigenvalue weighted by Crippen LogP contribution is 2.14. The Kier molecular flexibility index (Phi) is 6.89. The predicted octanol–water partition coefficient (Wildman–Crippen LogP) is 2.62. The smallest absolute Gasteiger partial charge is 0.118 e. The number of ether oxygens (including phenoxy) is 1. The van der Waals surface area contributed by atoms with E-state index in [9.17, 15) is 0 Å². The van der Waals surface area contributed by atoms with E-state index in [1.807, 2.05) is 12.1 Å². The van der Waals surface area contributed by atoms with Gasteiger partial charge >= 0.3 is 0 Å². The summed E-state index contributed by atoms with van der Waals surface area (Å²) in [6.45, 7) is 6.81. The first-order valence-electron chi connectivity index (χ1n) is 7.06. The molecule has 0 aliphatic heterocycles. The van der Waals surface area contributed by atoms with Crippen LogP contribution in [0, 0.1) is 5.92 Å². The van der Waals surface area contributed by atoms with Gasteiger partial charge in [-0.15, -0.1) is 0 Å². The lowest BCUT2D eigenvalue weighted by atomic mass is 9.98. The lowest BCUT2D eigenvalue weighted by Crippen LogP contribution is -2.41. The second kappa shape index (κ2) is 8.18. The molecule has 2 N–H and O–H groups in total. The van der Waals surface area contributed by atoms with E-state index in [4.69, 9.17) is 9.84 Å². The standard InChI is InChI=1S/C16H27NO2/c1-12(2)16(9-10-18)17-13(3)11-14-5-7-15(19-4)8-6-14/h5-8,12-13,16-18H,9-11H2,1-4H3. The molecular weight excluding hydrogens is 238 g/mol. The van der Waals surface area contributed by atoms with E-state index in [2.05, 4.69) is 38.2 Å². The van der Waals surface area contributed by atoms with Crippen molar-refractivity contribution in [1.29, 1.82) is 0 Å². The van der Waals surface area contributed by atoms with Gasteiger partial charge in [-0.05, 0) is 43.4 Å². The van der Waals surface area contributed by atoms with Crippen LogP contribution in [0.1, 0.15) is 32.8 Å². The summed E-state index contributed by atoms with van der Waals surface area (Å²) in [7, 11) is 1.68. The van der Waals surface area contributed by atoms with Gasteiger partial charge in [-0.25, -0.2) is 0 Å². The molecule has 1 rings (SSSR count). The molecule has 0 fully saturated rings. The molecule has 108 valence electrons. The van der Waals surface area contributed by atoms with E-state index in [0.29, 0.717) is 18.0 Å². The zero-order valence-corrected chi connectivity index (χ0v) is 12.5. The second-order valence-corrected chi connectivity index (χ2v) is 5.48. The van der Waals surface area contributed by atoms with Crippen molar-refractivity contribution in [2.75, 3.05) is 13.7 Å². The average molecular weight is 265 g/mol. The first-order chi connectivity index (χ1) is 9.06. The monoisotopic (exact) mass is 265 g/mol. The molecule has 0 saturated carbocycles. The number of rotatable bonds is 8. The summed E-state index contributed by atoms with van der Waals surface area (Å²) in [5, 5.41) is 12.7. The summed E-state index contributed by atoms with van der Waals surface area (Å²) in [5.41, 5.74) is 1.30. The number of hydrogen-bond donors (Lipinski definition) is 2. The molecule has 0 aromatic heterocycles. The topological polar surface area (TPSA) is 41.5 Å². The Bertz CT molecular complexity index is 348. The summed E-state index contributed by atoms with van der Waals surface area (Å²) < 4.78 is 5.16. The van der Waals surface area contributed by atoms with Gasteiger partial charge in [-0.2, -0.15) is 0 Å². The molecule has 0 radical (unpaired) electrons. The van der Waals surface area contributed by atoms with Crippen LogP contribution in [0.4, 0.5) is 0 Å². The normalized spacial score (nSPS) is 14.4. The van der Waals surface area contributed by atoms with E-state index in [1.165, 1.54) is 5.56 Å². The number of aliphatic hydroxyl groups is 1. The van der Waals surface area contributed by atoms with E-state index in [-0.39, 0.29) is 6.61 Å². The van der Waals surface area contributed by atoms with Gasteiger partial charge in [0.2, 0.25) is 0 Å². The third kappa shape index (κ3) is 5.62. The van der Waals surface area contributed by atoms with Crippen molar-refractivity contribution in [3.8, 4) is 5.75 Å².